The standard InChI is InChI=1S/C16H14F3N3OS/c1-11-3-2-4-13(9-11)23-7-8-24-15-21-20-14-6-5-12(10-22(14)15)16(17,18)19/h2-6,9-10H,7-8H2,1H3. The molecule has 3 aromatic rings. The summed E-state index contributed by atoms with van der Waals surface area (Å²) < 4.78 is 45.4. The first-order chi connectivity index (χ1) is 11.4. The van der Waals surface area contributed by atoms with Gasteiger partial charge in [-0.2, -0.15) is 13.2 Å². The van der Waals surface area contributed by atoms with Crippen molar-refractivity contribution < 1.29 is 17.9 Å². The van der Waals surface area contributed by atoms with Crippen molar-refractivity contribution in [2.75, 3.05) is 12.4 Å². The minimum atomic E-state index is -4.39. The Balaban J connectivity index is 1.65. The largest absolute Gasteiger partial charge is 0.493 e. The number of alkyl halides is 3. The van der Waals surface area contributed by atoms with Gasteiger partial charge in [-0.15, -0.1) is 10.2 Å². The second-order valence-electron chi connectivity index (χ2n) is 5.14. The van der Waals surface area contributed by atoms with E-state index in [9.17, 15) is 13.2 Å². The molecule has 24 heavy (non-hydrogen) atoms. The van der Waals surface area contributed by atoms with Crippen LogP contribution in [0.1, 0.15) is 11.1 Å². The van der Waals surface area contributed by atoms with Gasteiger partial charge in [-0.1, -0.05) is 23.9 Å². The number of rotatable bonds is 5. The average Bonchev–Trinajstić information content (AvgIpc) is 2.93. The molecule has 2 heterocycles. The third-order valence-corrected chi connectivity index (χ3v) is 4.18. The number of hydrogen-bond acceptors (Lipinski definition) is 4. The van der Waals surface area contributed by atoms with Crippen molar-refractivity contribution in [1.29, 1.82) is 0 Å². The van der Waals surface area contributed by atoms with Crippen molar-refractivity contribution >= 4 is 17.4 Å². The highest BCUT2D eigenvalue weighted by Gasteiger charge is 2.31. The van der Waals surface area contributed by atoms with Crippen LogP contribution in [0.15, 0.2) is 47.8 Å². The van der Waals surface area contributed by atoms with Crippen molar-refractivity contribution in [2.45, 2.75) is 18.3 Å². The number of pyridine rings is 1. The Morgan fingerprint density at radius 1 is 1.17 bits per heavy atom. The van der Waals surface area contributed by atoms with Crippen molar-refractivity contribution in [2.24, 2.45) is 0 Å². The van der Waals surface area contributed by atoms with E-state index in [4.69, 9.17) is 4.74 Å². The molecule has 0 saturated heterocycles. The molecule has 0 N–H and O–H groups in total. The fourth-order valence-corrected chi connectivity index (χ4v) is 2.87. The number of aryl methyl sites for hydroxylation is 1. The molecule has 4 nitrogen and oxygen atoms in total. The van der Waals surface area contributed by atoms with E-state index in [-0.39, 0.29) is 0 Å². The molecule has 0 radical (unpaired) electrons. The Hall–Kier alpha value is -2.22. The van der Waals surface area contributed by atoms with Crippen LogP contribution in [0.3, 0.4) is 0 Å². The summed E-state index contributed by atoms with van der Waals surface area (Å²) in [5.74, 6) is 1.31. The summed E-state index contributed by atoms with van der Waals surface area (Å²) in [5.41, 5.74) is 0.751. The maximum Gasteiger partial charge on any atom is 0.417 e. The molecule has 0 saturated carbocycles. The van der Waals surface area contributed by atoms with E-state index in [1.165, 1.54) is 22.2 Å². The predicted octanol–water partition coefficient (Wildman–Crippen LogP) is 4.23. The molecule has 8 heteroatoms. The van der Waals surface area contributed by atoms with Gasteiger partial charge >= 0.3 is 6.18 Å². The maximum atomic E-state index is 12.8. The van der Waals surface area contributed by atoms with Crippen LogP contribution in [-0.2, 0) is 6.18 Å². The Morgan fingerprint density at radius 3 is 2.75 bits per heavy atom. The smallest absolute Gasteiger partial charge is 0.417 e. The van der Waals surface area contributed by atoms with E-state index in [0.29, 0.717) is 23.2 Å². The molecular formula is C16H14F3N3OS. The lowest BCUT2D eigenvalue weighted by Gasteiger charge is -2.08. The van der Waals surface area contributed by atoms with Gasteiger partial charge in [0.2, 0.25) is 0 Å². The summed E-state index contributed by atoms with van der Waals surface area (Å²) in [6, 6.07) is 9.97. The zero-order valence-electron chi connectivity index (χ0n) is 12.7. The van der Waals surface area contributed by atoms with Crippen molar-refractivity contribution in [3.8, 4) is 5.75 Å². The second-order valence-corrected chi connectivity index (χ2v) is 6.20. The normalized spacial score (nSPS) is 11.8. The van der Waals surface area contributed by atoms with Gasteiger partial charge in [0.05, 0.1) is 12.2 Å². The Morgan fingerprint density at radius 2 is 2.00 bits per heavy atom. The van der Waals surface area contributed by atoms with E-state index in [0.717, 1.165) is 23.6 Å². The molecular weight excluding hydrogens is 339 g/mol. The summed E-state index contributed by atoms with van der Waals surface area (Å²) in [7, 11) is 0. The lowest BCUT2D eigenvalue weighted by Crippen LogP contribution is -2.06. The lowest BCUT2D eigenvalue weighted by molar-refractivity contribution is -0.137. The van der Waals surface area contributed by atoms with E-state index < -0.39 is 11.7 Å². The number of nitrogens with zero attached hydrogens (tertiary/aromatic N) is 3. The Labute approximate surface area is 140 Å². The molecule has 0 atom stereocenters. The van der Waals surface area contributed by atoms with E-state index >= 15 is 0 Å². The second kappa shape index (κ2) is 6.72. The van der Waals surface area contributed by atoms with E-state index in [1.807, 2.05) is 31.2 Å². The summed E-state index contributed by atoms with van der Waals surface area (Å²) in [6.07, 6.45) is -3.38. The van der Waals surface area contributed by atoms with Gasteiger partial charge in [0.1, 0.15) is 5.75 Å². The highest BCUT2D eigenvalue weighted by molar-refractivity contribution is 7.99. The van der Waals surface area contributed by atoms with Gasteiger partial charge in [-0.3, -0.25) is 4.40 Å². The summed E-state index contributed by atoms with van der Waals surface area (Å²) in [4.78, 5) is 0. The first-order valence-corrected chi connectivity index (χ1v) is 8.16. The van der Waals surface area contributed by atoms with Gasteiger partial charge in [-0.25, -0.2) is 0 Å². The molecule has 0 aliphatic carbocycles. The van der Waals surface area contributed by atoms with Crippen LogP contribution < -0.4 is 4.74 Å². The van der Waals surface area contributed by atoms with Crippen LogP contribution in [0.5, 0.6) is 5.75 Å². The molecule has 0 aliphatic heterocycles. The highest BCUT2D eigenvalue weighted by Crippen LogP contribution is 2.30. The molecule has 2 aromatic heterocycles. The van der Waals surface area contributed by atoms with Gasteiger partial charge in [-0.05, 0) is 36.8 Å². The number of halogens is 3. The Kier molecular flexibility index (Phi) is 4.66. The van der Waals surface area contributed by atoms with Crippen LogP contribution in [0.25, 0.3) is 5.65 Å². The summed E-state index contributed by atoms with van der Waals surface area (Å²) in [5, 5.41) is 8.21. The van der Waals surface area contributed by atoms with Crippen LogP contribution in [0.4, 0.5) is 13.2 Å². The third kappa shape index (κ3) is 3.81. The number of benzene rings is 1. The number of ether oxygens (including phenoxy) is 1. The zero-order valence-corrected chi connectivity index (χ0v) is 13.6. The topological polar surface area (TPSA) is 39.4 Å². The fraction of sp³-hybridized carbons (Fsp3) is 0.250. The maximum absolute atomic E-state index is 12.8. The van der Waals surface area contributed by atoms with Crippen LogP contribution >= 0.6 is 11.8 Å². The summed E-state index contributed by atoms with van der Waals surface area (Å²) >= 11 is 1.30. The van der Waals surface area contributed by atoms with Crippen LogP contribution in [-0.4, -0.2) is 27.0 Å². The lowest BCUT2D eigenvalue weighted by atomic mass is 10.2. The first-order valence-electron chi connectivity index (χ1n) is 7.18. The highest BCUT2D eigenvalue weighted by atomic mass is 32.2. The number of fused-ring (bicyclic) bond motifs is 1. The Bertz CT molecular complexity index is 848. The predicted molar refractivity (Wildman–Crippen MR) is 85.4 cm³/mol. The molecule has 0 fully saturated rings. The fourth-order valence-electron chi connectivity index (χ4n) is 2.13. The zero-order chi connectivity index (χ0) is 17.2. The molecule has 126 valence electrons. The molecule has 0 spiro atoms. The number of aromatic nitrogens is 3. The van der Waals surface area contributed by atoms with Gasteiger partial charge in [0, 0.05) is 11.9 Å². The monoisotopic (exact) mass is 353 g/mol. The minimum absolute atomic E-state index is 0.380. The van der Waals surface area contributed by atoms with Crippen molar-refractivity contribution in [1.82, 2.24) is 14.6 Å². The SMILES string of the molecule is Cc1cccc(OCCSc2nnc3ccc(C(F)(F)F)cn23)c1. The molecule has 0 amide bonds. The molecule has 3 rings (SSSR count). The van der Waals surface area contributed by atoms with Crippen molar-refractivity contribution in [3.05, 3.63) is 53.7 Å². The van der Waals surface area contributed by atoms with Crippen LogP contribution in [0, 0.1) is 6.92 Å². The molecule has 0 aliphatic rings. The molecule has 0 unspecified atom stereocenters. The quantitative estimate of drug-likeness (QED) is 0.508. The van der Waals surface area contributed by atoms with Gasteiger partial charge in [0.15, 0.2) is 10.8 Å². The number of hydrogen-bond donors (Lipinski definition) is 0. The van der Waals surface area contributed by atoms with Gasteiger partial charge < -0.3 is 4.74 Å². The van der Waals surface area contributed by atoms with E-state index in [2.05, 4.69) is 10.2 Å². The van der Waals surface area contributed by atoms with E-state index in [1.54, 1.807) is 0 Å². The third-order valence-electron chi connectivity index (χ3n) is 3.27. The van der Waals surface area contributed by atoms with Crippen LogP contribution in [0.2, 0.25) is 0 Å². The molecule has 1 aromatic carbocycles. The first kappa shape index (κ1) is 16.6. The summed E-state index contributed by atoms with van der Waals surface area (Å²) in [6.45, 7) is 2.39. The van der Waals surface area contributed by atoms with Crippen molar-refractivity contribution in [3.63, 3.8) is 0 Å². The molecule has 0 bridgehead atoms. The van der Waals surface area contributed by atoms with Gasteiger partial charge in [0.25, 0.3) is 0 Å². The number of thioether (sulfide) groups is 1. The average molecular weight is 353 g/mol. The minimum Gasteiger partial charge on any atom is -0.493 e.